The first-order valence-corrected chi connectivity index (χ1v) is 6.80. The Bertz CT molecular complexity index is 588. The maximum Gasteiger partial charge on any atom is 0.354 e. The Morgan fingerprint density at radius 1 is 1.19 bits per heavy atom. The van der Waals surface area contributed by atoms with E-state index in [4.69, 9.17) is 4.74 Å². The minimum atomic E-state index is -0.541. The van der Waals surface area contributed by atoms with Crippen LogP contribution >= 0.6 is 0 Å². The normalized spacial score (nSPS) is 14.2. The molecule has 0 aromatic heterocycles. The third kappa shape index (κ3) is 4.18. The zero-order valence-corrected chi connectivity index (χ0v) is 11.8. The van der Waals surface area contributed by atoms with Crippen LogP contribution in [0.5, 0.6) is 0 Å². The third-order valence-electron chi connectivity index (χ3n) is 2.91. The number of para-hydroxylation sites is 1. The van der Waals surface area contributed by atoms with E-state index >= 15 is 0 Å². The molecule has 0 bridgehead atoms. The van der Waals surface area contributed by atoms with E-state index in [-0.39, 0.29) is 24.0 Å². The van der Waals surface area contributed by atoms with Gasteiger partial charge in [0.2, 0.25) is 0 Å². The van der Waals surface area contributed by atoms with E-state index < -0.39 is 5.97 Å². The highest BCUT2D eigenvalue weighted by atomic mass is 16.5. The van der Waals surface area contributed by atoms with Crippen LogP contribution in [0.25, 0.3) is 0 Å². The van der Waals surface area contributed by atoms with E-state index in [0.29, 0.717) is 0 Å². The first-order valence-electron chi connectivity index (χ1n) is 6.80. The van der Waals surface area contributed by atoms with Gasteiger partial charge in [-0.05, 0) is 19.1 Å². The molecule has 0 atom stereocenters. The van der Waals surface area contributed by atoms with Gasteiger partial charge in [0.05, 0.1) is 12.5 Å². The summed E-state index contributed by atoms with van der Waals surface area (Å²) in [5.74, 6) is -1.01. The van der Waals surface area contributed by atoms with E-state index in [0.717, 1.165) is 5.69 Å². The number of ether oxygens (including phenoxy) is 1. The van der Waals surface area contributed by atoms with Crippen LogP contribution in [-0.2, 0) is 14.3 Å². The Kier molecular flexibility index (Phi) is 5.10. The van der Waals surface area contributed by atoms with Gasteiger partial charge in [-0.3, -0.25) is 4.79 Å². The van der Waals surface area contributed by atoms with Crippen molar-refractivity contribution in [1.82, 2.24) is 0 Å². The number of carbonyl (C=O) groups is 2. The molecule has 0 saturated carbocycles. The van der Waals surface area contributed by atoms with Crippen molar-refractivity contribution >= 4 is 17.4 Å². The van der Waals surface area contributed by atoms with Gasteiger partial charge < -0.3 is 10.1 Å². The second-order valence-electron chi connectivity index (χ2n) is 4.47. The van der Waals surface area contributed by atoms with Crippen LogP contribution in [0, 0.1) is 5.92 Å². The standard InChI is InChI=1S/C17H17NO3/c1-2-21-17(20)15(18-14-10-4-3-5-11-14)12-16(19)13-8-6-7-9-13/h3-13,18H,2H2,1H3. The fourth-order valence-corrected chi connectivity index (χ4v) is 1.89. The van der Waals surface area contributed by atoms with Crippen LogP contribution in [0.1, 0.15) is 6.92 Å². The number of rotatable bonds is 6. The van der Waals surface area contributed by atoms with Crippen molar-refractivity contribution in [3.63, 3.8) is 0 Å². The number of nitrogens with one attached hydrogen (secondary N) is 1. The van der Waals surface area contributed by atoms with Crippen molar-refractivity contribution in [3.05, 3.63) is 66.4 Å². The lowest BCUT2D eigenvalue weighted by Gasteiger charge is -2.10. The maximum absolute atomic E-state index is 12.1. The molecule has 0 aliphatic heterocycles. The fourth-order valence-electron chi connectivity index (χ4n) is 1.89. The molecular weight excluding hydrogens is 266 g/mol. The molecule has 0 saturated heterocycles. The Labute approximate surface area is 123 Å². The van der Waals surface area contributed by atoms with Gasteiger partial charge in [0.25, 0.3) is 0 Å². The van der Waals surface area contributed by atoms with Gasteiger partial charge in [-0.25, -0.2) is 4.79 Å². The van der Waals surface area contributed by atoms with Crippen LogP contribution < -0.4 is 5.32 Å². The molecule has 0 amide bonds. The Morgan fingerprint density at radius 3 is 2.48 bits per heavy atom. The highest BCUT2D eigenvalue weighted by molar-refractivity contribution is 6.03. The van der Waals surface area contributed by atoms with Crippen molar-refractivity contribution in [1.29, 1.82) is 0 Å². The molecule has 1 aromatic carbocycles. The van der Waals surface area contributed by atoms with Gasteiger partial charge in [0.1, 0.15) is 5.70 Å². The number of benzene rings is 1. The topological polar surface area (TPSA) is 55.4 Å². The summed E-state index contributed by atoms with van der Waals surface area (Å²) in [4.78, 5) is 24.1. The van der Waals surface area contributed by atoms with Crippen molar-refractivity contribution in [2.75, 3.05) is 11.9 Å². The molecule has 0 radical (unpaired) electrons. The first kappa shape index (κ1) is 14.8. The van der Waals surface area contributed by atoms with Gasteiger partial charge in [0.15, 0.2) is 5.78 Å². The van der Waals surface area contributed by atoms with E-state index in [9.17, 15) is 9.59 Å². The van der Waals surface area contributed by atoms with Crippen LogP contribution in [0.4, 0.5) is 5.69 Å². The summed E-state index contributed by atoms with van der Waals surface area (Å²) in [5.41, 5.74) is 0.865. The van der Waals surface area contributed by atoms with Gasteiger partial charge in [0, 0.05) is 11.8 Å². The number of hydrogen-bond acceptors (Lipinski definition) is 4. The van der Waals surface area contributed by atoms with E-state index in [1.807, 2.05) is 42.5 Å². The molecule has 1 aliphatic carbocycles. The minimum Gasteiger partial charge on any atom is -0.461 e. The molecule has 4 heteroatoms. The molecule has 2 rings (SSSR count). The first-order chi connectivity index (χ1) is 10.2. The summed E-state index contributed by atoms with van der Waals surface area (Å²) in [7, 11) is 0. The molecule has 21 heavy (non-hydrogen) atoms. The van der Waals surface area contributed by atoms with Crippen LogP contribution in [0.15, 0.2) is 66.4 Å². The second kappa shape index (κ2) is 7.24. The molecule has 0 heterocycles. The summed E-state index contributed by atoms with van der Waals surface area (Å²) in [6.45, 7) is 1.98. The maximum atomic E-state index is 12.1. The number of esters is 1. The number of carbonyl (C=O) groups excluding carboxylic acids is 2. The molecule has 108 valence electrons. The highest BCUT2D eigenvalue weighted by Gasteiger charge is 2.17. The fraction of sp³-hybridized carbons (Fsp3) is 0.176. The van der Waals surface area contributed by atoms with Crippen LogP contribution in [0.3, 0.4) is 0 Å². The zero-order chi connectivity index (χ0) is 15.1. The number of anilines is 1. The Balaban J connectivity index is 2.19. The molecule has 0 spiro atoms. The predicted octanol–water partition coefficient (Wildman–Crippen LogP) is 2.86. The second-order valence-corrected chi connectivity index (χ2v) is 4.47. The highest BCUT2D eigenvalue weighted by Crippen LogP contribution is 2.14. The Hall–Kier alpha value is -2.62. The molecule has 4 nitrogen and oxygen atoms in total. The predicted molar refractivity (Wildman–Crippen MR) is 81.6 cm³/mol. The quantitative estimate of drug-likeness (QED) is 0.644. The lowest BCUT2D eigenvalue weighted by atomic mass is 10.1. The van der Waals surface area contributed by atoms with Crippen LogP contribution in [0.2, 0.25) is 0 Å². The van der Waals surface area contributed by atoms with E-state index in [1.54, 1.807) is 19.1 Å². The summed E-state index contributed by atoms with van der Waals surface area (Å²) in [6, 6.07) is 9.18. The minimum absolute atomic E-state index is 0.141. The number of hydrogen-bond donors (Lipinski definition) is 1. The Morgan fingerprint density at radius 2 is 1.86 bits per heavy atom. The monoisotopic (exact) mass is 283 g/mol. The van der Waals surface area contributed by atoms with Crippen molar-refractivity contribution < 1.29 is 14.3 Å². The summed E-state index contributed by atoms with van der Waals surface area (Å²) >= 11 is 0. The average molecular weight is 283 g/mol. The van der Waals surface area contributed by atoms with Gasteiger partial charge in [-0.1, -0.05) is 42.5 Å². The molecule has 0 fully saturated rings. The SMILES string of the molecule is CCOC(=O)C(=CC(=O)C1C=CC=C1)Nc1ccccc1. The summed E-state index contributed by atoms with van der Waals surface area (Å²) in [5, 5.41) is 2.94. The van der Waals surface area contributed by atoms with E-state index in [1.165, 1.54) is 6.08 Å². The zero-order valence-electron chi connectivity index (χ0n) is 11.8. The smallest absolute Gasteiger partial charge is 0.354 e. The lowest BCUT2D eigenvalue weighted by Crippen LogP contribution is -2.18. The summed E-state index contributed by atoms with van der Waals surface area (Å²) < 4.78 is 4.98. The molecule has 0 unspecified atom stereocenters. The van der Waals surface area contributed by atoms with Gasteiger partial charge in [-0.2, -0.15) is 0 Å². The molecule has 1 aliphatic rings. The largest absolute Gasteiger partial charge is 0.461 e. The van der Waals surface area contributed by atoms with Crippen LogP contribution in [-0.4, -0.2) is 18.4 Å². The average Bonchev–Trinajstić information content (AvgIpc) is 3.02. The van der Waals surface area contributed by atoms with Crippen molar-refractivity contribution in [3.8, 4) is 0 Å². The lowest BCUT2D eigenvalue weighted by molar-refractivity contribution is -0.138. The number of ketones is 1. The summed E-state index contributed by atoms with van der Waals surface area (Å²) in [6.07, 6.45) is 8.49. The molecule has 1 aromatic rings. The third-order valence-corrected chi connectivity index (χ3v) is 2.91. The van der Waals surface area contributed by atoms with Crippen molar-refractivity contribution in [2.24, 2.45) is 5.92 Å². The van der Waals surface area contributed by atoms with Gasteiger partial charge >= 0.3 is 5.97 Å². The van der Waals surface area contributed by atoms with Gasteiger partial charge in [-0.15, -0.1) is 0 Å². The number of allylic oxidation sites excluding steroid dienone is 5. The van der Waals surface area contributed by atoms with E-state index in [2.05, 4.69) is 5.32 Å². The van der Waals surface area contributed by atoms with Crippen molar-refractivity contribution in [2.45, 2.75) is 6.92 Å². The molecule has 1 N–H and O–H groups in total. The molecular formula is C17H17NO3.